The van der Waals surface area contributed by atoms with Crippen molar-refractivity contribution in [3.8, 4) is 0 Å². The molecule has 0 bridgehead atoms. The Hall–Kier alpha value is -1.44. The zero-order valence-electron chi connectivity index (χ0n) is 9.99. The van der Waals surface area contributed by atoms with Crippen molar-refractivity contribution < 1.29 is 13.6 Å². The first kappa shape index (κ1) is 14.0. The first-order valence-corrected chi connectivity index (χ1v) is 7.57. The van der Waals surface area contributed by atoms with Gasteiger partial charge in [0.2, 0.25) is 0 Å². The monoisotopic (exact) mass is 342 g/mol. The average molecular weight is 343 g/mol. The molecule has 0 saturated heterocycles. The summed E-state index contributed by atoms with van der Waals surface area (Å²) in [5, 5.41) is 9.83. The summed E-state index contributed by atoms with van der Waals surface area (Å²) in [4.78, 5) is 3.84. The number of pyridine rings is 1. The summed E-state index contributed by atoms with van der Waals surface area (Å²) in [6.45, 7) is 1.85. The fourth-order valence-corrected chi connectivity index (χ4v) is 2.68. The van der Waals surface area contributed by atoms with E-state index in [4.69, 9.17) is 0 Å². The fraction of sp³-hybridized carbons (Fsp3) is 0.0833. The number of aryl methyl sites for hydroxylation is 1. The van der Waals surface area contributed by atoms with Crippen molar-refractivity contribution in [2.75, 3.05) is 4.47 Å². The van der Waals surface area contributed by atoms with E-state index in [-0.39, 0.29) is 15.2 Å². The molecule has 0 fully saturated rings. The summed E-state index contributed by atoms with van der Waals surface area (Å²) in [6.07, 6.45) is 1.41. The largest absolute Gasteiger partial charge is 0.287 e. The molecule has 0 aliphatic carbocycles. The molecule has 0 spiro atoms. The summed E-state index contributed by atoms with van der Waals surface area (Å²) < 4.78 is 25.2. The van der Waals surface area contributed by atoms with Gasteiger partial charge in [-0.3, -0.25) is 5.21 Å². The number of anilines is 1. The number of hydrogen-bond acceptors (Lipinski definition) is 4. The van der Waals surface area contributed by atoms with Crippen molar-refractivity contribution in [3.05, 3.63) is 52.6 Å². The molecule has 1 heterocycles. The van der Waals surface area contributed by atoms with E-state index in [2.05, 4.69) is 20.9 Å². The third-order valence-electron chi connectivity index (χ3n) is 2.45. The van der Waals surface area contributed by atoms with Crippen LogP contribution in [0.4, 0.5) is 5.82 Å². The van der Waals surface area contributed by atoms with Crippen LogP contribution >= 0.6 is 15.9 Å². The Kier molecular flexibility index (Phi) is 3.88. The molecular weight excluding hydrogens is 332 g/mol. The number of aromatic nitrogens is 1. The van der Waals surface area contributed by atoms with Gasteiger partial charge >= 0.3 is 0 Å². The maximum Gasteiger partial charge on any atom is 0.287 e. The predicted molar refractivity (Wildman–Crippen MR) is 74.6 cm³/mol. The molecule has 0 atom stereocenters. The summed E-state index contributed by atoms with van der Waals surface area (Å²) >= 11 is 3.19. The van der Waals surface area contributed by atoms with E-state index in [1.54, 1.807) is 18.2 Å². The quantitative estimate of drug-likeness (QED) is 0.870. The van der Waals surface area contributed by atoms with Gasteiger partial charge in [-0.15, -0.1) is 4.47 Å². The Morgan fingerprint density at radius 2 is 1.79 bits per heavy atom. The van der Waals surface area contributed by atoms with Crippen molar-refractivity contribution in [1.82, 2.24) is 4.98 Å². The maximum atomic E-state index is 12.2. The first-order chi connectivity index (χ1) is 8.91. The lowest BCUT2D eigenvalue weighted by atomic mass is 10.2. The van der Waals surface area contributed by atoms with Gasteiger partial charge in [-0.25, -0.2) is 4.98 Å². The second-order valence-corrected chi connectivity index (χ2v) is 6.58. The molecule has 1 N–H and O–H groups in total. The van der Waals surface area contributed by atoms with Crippen molar-refractivity contribution in [2.45, 2.75) is 11.8 Å². The highest BCUT2D eigenvalue weighted by Crippen LogP contribution is 2.21. The molecule has 0 aliphatic rings. The van der Waals surface area contributed by atoms with Crippen LogP contribution in [-0.4, -0.2) is 18.6 Å². The lowest BCUT2D eigenvalue weighted by Gasteiger charge is -2.16. The Bertz CT molecular complexity index is 669. The minimum absolute atomic E-state index is 0.00492. The molecule has 0 saturated carbocycles. The highest BCUT2D eigenvalue weighted by atomic mass is 79.9. The van der Waals surface area contributed by atoms with Crippen LogP contribution in [-0.2, 0) is 10.0 Å². The Morgan fingerprint density at radius 1 is 1.16 bits per heavy atom. The maximum absolute atomic E-state index is 12.2. The van der Waals surface area contributed by atoms with E-state index < -0.39 is 10.0 Å². The van der Waals surface area contributed by atoms with Crippen LogP contribution in [0.5, 0.6) is 0 Å². The summed E-state index contributed by atoms with van der Waals surface area (Å²) in [5.74, 6) is -0.0659. The number of nitrogens with zero attached hydrogens (tertiary/aromatic N) is 2. The minimum Gasteiger partial charge on any atom is -0.272 e. The van der Waals surface area contributed by atoms with Gasteiger partial charge in [0.25, 0.3) is 10.0 Å². The third kappa shape index (κ3) is 2.94. The Labute approximate surface area is 119 Å². The van der Waals surface area contributed by atoms with Crippen molar-refractivity contribution in [1.29, 1.82) is 0 Å². The van der Waals surface area contributed by atoms with Gasteiger partial charge in [0.05, 0.1) is 4.90 Å². The number of hydrogen-bond donors (Lipinski definition) is 1. The molecule has 0 amide bonds. The molecule has 2 aromatic rings. The summed E-state index contributed by atoms with van der Waals surface area (Å²) in [7, 11) is -4.01. The lowest BCUT2D eigenvalue weighted by Crippen LogP contribution is -2.28. The SMILES string of the molecule is Cc1ccc(S(=O)(=O)N(O)c2ccc(Br)cn2)cc1. The molecule has 0 unspecified atom stereocenters. The topological polar surface area (TPSA) is 70.5 Å². The molecule has 1 aromatic carbocycles. The normalized spacial score (nSPS) is 11.3. The number of sulfonamides is 1. The van der Waals surface area contributed by atoms with Gasteiger partial charge in [0, 0.05) is 10.7 Å². The number of halogens is 1. The van der Waals surface area contributed by atoms with Crippen LogP contribution in [0, 0.1) is 6.92 Å². The molecule has 1 aromatic heterocycles. The van der Waals surface area contributed by atoms with Crippen molar-refractivity contribution in [3.63, 3.8) is 0 Å². The molecule has 100 valence electrons. The Balaban J connectivity index is 2.39. The summed E-state index contributed by atoms with van der Waals surface area (Å²) in [5.41, 5.74) is 0.935. The zero-order chi connectivity index (χ0) is 14.0. The van der Waals surface area contributed by atoms with Gasteiger partial charge in [-0.1, -0.05) is 17.7 Å². The van der Waals surface area contributed by atoms with Crippen molar-refractivity contribution >= 4 is 31.8 Å². The molecule has 7 heteroatoms. The molecule has 0 aliphatic heterocycles. The van der Waals surface area contributed by atoms with Crippen molar-refractivity contribution in [2.24, 2.45) is 0 Å². The van der Waals surface area contributed by atoms with Crippen LogP contribution in [0.3, 0.4) is 0 Å². The average Bonchev–Trinajstić information content (AvgIpc) is 2.39. The van der Waals surface area contributed by atoms with E-state index in [1.807, 2.05) is 6.92 Å². The van der Waals surface area contributed by atoms with Crippen LogP contribution in [0.15, 0.2) is 52.0 Å². The van der Waals surface area contributed by atoms with Crippen LogP contribution < -0.4 is 4.47 Å². The van der Waals surface area contributed by atoms with E-state index in [9.17, 15) is 13.6 Å². The van der Waals surface area contributed by atoms with Gasteiger partial charge in [-0.05, 0) is 47.1 Å². The molecule has 19 heavy (non-hydrogen) atoms. The second kappa shape index (κ2) is 5.28. The van der Waals surface area contributed by atoms with Crippen LogP contribution in [0.25, 0.3) is 0 Å². The highest BCUT2D eigenvalue weighted by molar-refractivity contribution is 9.10. The van der Waals surface area contributed by atoms with E-state index >= 15 is 0 Å². The van der Waals surface area contributed by atoms with Gasteiger partial charge in [-0.2, -0.15) is 8.42 Å². The van der Waals surface area contributed by atoms with Gasteiger partial charge in [0.15, 0.2) is 5.82 Å². The van der Waals surface area contributed by atoms with E-state index in [0.717, 1.165) is 5.56 Å². The van der Waals surface area contributed by atoms with Gasteiger partial charge < -0.3 is 0 Å². The standard InChI is InChI=1S/C12H11BrN2O3S/c1-9-2-5-11(6-3-9)19(17,18)15(16)12-7-4-10(13)8-14-12/h2-8,16H,1H3. The van der Waals surface area contributed by atoms with Gasteiger partial charge in [0.1, 0.15) is 0 Å². The lowest BCUT2D eigenvalue weighted by molar-refractivity contribution is 0.313. The van der Waals surface area contributed by atoms with Crippen LogP contribution in [0.1, 0.15) is 5.56 Å². The number of benzene rings is 1. The molecular formula is C12H11BrN2O3S. The summed E-state index contributed by atoms with van der Waals surface area (Å²) in [6, 6.07) is 9.19. The first-order valence-electron chi connectivity index (χ1n) is 5.34. The Morgan fingerprint density at radius 3 is 2.32 bits per heavy atom. The predicted octanol–water partition coefficient (Wildman–Crippen LogP) is 2.74. The highest BCUT2D eigenvalue weighted by Gasteiger charge is 2.24. The number of rotatable bonds is 3. The molecule has 2 rings (SSSR count). The van der Waals surface area contributed by atoms with E-state index in [1.165, 1.54) is 24.4 Å². The molecule has 5 nitrogen and oxygen atoms in total. The smallest absolute Gasteiger partial charge is 0.272 e. The van der Waals surface area contributed by atoms with Crippen LogP contribution in [0.2, 0.25) is 0 Å². The fourth-order valence-electron chi connectivity index (χ4n) is 1.41. The molecule has 0 radical (unpaired) electrons. The second-order valence-electron chi connectivity index (χ2n) is 3.90. The van der Waals surface area contributed by atoms with E-state index in [0.29, 0.717) is 4.47 Å². The zero-order valence-corrected chi connectivity index (χ0v) is 12.4. The minimum atomic E-state index is -4.01. The third-order valence-corrected chi connectivity index (χ3v) is 4.43.